The van der Waals surface area contributed by atoms with Crippen LogP contribution in [0.3, 0.4) is 0 Å². The minimum atomic E-state index is 0.552. The fourth-order valence-electron chi connectivity index (χ4n) is 10.9. The number of hydrogen-bond acceptors (Lipinski definition) is 4. The van der Waals surface area contributed by atoms with Gasteiger partial charge in [0.15, 0.2) is 0 Å². The van der Waals surface area contributed by atoms with Crippen LogP contribution < -0.4 is 9.80 Å². The second kappa shape index (κ2) is 18.4. The molecule has 0 unspecified atom stereocenters. The molecule has 0 bridgehead atoms. The molecule has 0 saturated heterocycles. The molecule has 11 aromatic carbocycles. The highest BCUT2D eigenvalue weighted by Crippen LogP contribution is 2.47. The average Bonchev–Trinajstić information content (AvgIpc) is 4.02. The monoisotopic (exact) mass is 944 g/mol. The maximum atomic E-state index is 10.8. The van der Waals surface area contributed by atoms with Crippen LogP contribution >= 0.6 is 0 Å². The number of benzene rings is 11. The molecular weight excluding hydrogens is 901 g/mol. The van der Waals surface area contributed by atoms with Gasteiger partial charge >= 0.3 is 0 Å². The highest BCUT2D eigenvalue weighted by molar-refractivity contribution is 6.13. The number of hydrogen-bond donors (Lipinski definition) is 0. The van der Waals surface area contributed by atoms with Gasteiger partial charge in [-0.25, -0.2) is 0 Å². The summed E-state index contributed by atoms with van der Waals surface area (Å²) in [7, 11) is 0. The van der Waals surface area contributed by atoms with Crippen LogP contribution in [0.2, 0.25) is 0 Å². The molecular formula is C68H44N6. The van der Waals surface area contributed by atoms with Crippen molar-refractivity contribution in [1.82, 2.24) is 9.13 Å². The molecule has 2 aromatic heterocycles. The summed E-state index contributed by atoms with van der Waals surface area (Å²) in [5.74, 6) is 0. The maximum absolute atomic E-state index is 10.8. The van der Waals surface area contributed by atoms with Crippen LogP contribution in [0.4, 0.5) is 34.1 Å². The molecule has 74 heavy (non-hydrogen) atoms. The Balaban J connectivity index is 1.13. The van der Waals surface area contributed by atoms with Crippen molar-refractivity contribution in [2.24, 2.45) is 0 Å². The summed E-state index contributed by atoms with van der Waals surface area (Å²) in [6, 6.07) is 97.8. The van der Waals surface area contributed by atoms with E-state index in [9.17, 15) is 10.5 Å². The quantitative estimate of drug-likeness (QED) is 0.137. The average molecular weight is 945 g/mol. The predicted octanol–water partition coefficient (Wildman–Crippen LogP) is 17.9. The summed E-state index contributed by atoms with van der Waals surface area (Å²) in [5, 5.41) is 26.0. The van der Waals surface area contributed by atoms with Crippen molar-refractivity contribution >= 4 is 77.7 Å². The molecule has 0 spiro atoms. The van der Waals surface area contributed by atoms with Crippen LogP contribution in [0.15, 0.2) is 267 Å². The van der Waals surface area contributed by atoms with E-state index in [1.807, 2.05) is 72.8 Å². The number of fused-ring (bicyclic) bond motifs is 6. The van der Waals surface area contributed by atoms with E-state index in [1.54, 1.807) is 0 Å². The molecule has 0 fully saturated rings. The fraction of sp³-hybridized carbons (Fsp3) is 0. The summed E-state index contributed by atoms with van der Waals surface area (Å²) in [4.78, 5) is 4.60. The molecule has 2 heterocycles. The summed E-state index contributed by atoms with van der Waals surface area (Å²) < 4.78 is 4.72. The van der Waals surface area contributed by atoms with Gasteiger partial charge in [-0.15, -0.1) is 0 Å². The van der Waals surface area contributed by atoms with E-state index in [2.05, 4.69) is 225 Å². The lowest BCUT2D eigenvalue weighted by atomic mass is 9.91. The van der Waals surface area contributed by atoms with E-state index in [1.165, 1.54) is 0 Å². The van der Waals surface area contributed by atoms with Crippen molar-refractivity contribution in [2.75, 3.05) is 9.80 Å². The van der Waals surface area contributed by atoms with Gasteiger partial charge in [0.1, 0.15) is 0 Å². The minimum absolute atomic E-state index is 0.552. The standard InChI is InChI=1S/C68H44N6/c69-45-47-21-13-15-31-55(47)61-43-62(56-32-16-14-22-48(56)46-70)68(74-64-36-20-18-34-58(64)60-42-54(38-40-66(60)74)72(51-27-9-3-10-28-51)52-29-11-4-12-30-52)44-67(61)73-63-35-19-17-33-57(63)59-41-53(37-39-65(59)73)71(49-23-5-1-6-24-49)50-25-7-2-8-26-50/h1-44H. The van der Waals surface area contributed by atoms with Crippen molar-refractivity contribution in [3.05, 3.63) is 278 Å². The van der Waals surface area contributed by atoms with Gasteiger partial charge in [-0.05, 0) is 121 Å². The Bertz CT molecular complexity index is 3980. The van der Waals surface area contributed by atoms with E-state index in [0.29, 0.717) is 11.1 Å². The first-order chi connectivity index (χ1) is 36.7. The molecule has 6 heteroatoms. The Hall–Kier alpha value is -10.4. The Morgan fingerprint density at radius 3 is 0.959 bits per heavy atom. The van der Waals surface area contributed by atoms with E-state index >= 15 is 0 Å². The molecule has 0 aliphatic carbocycles. The summed E-state index contributed by atoms with van der Waals surface area (Å²) >= 11 is 0. The lowest BCUT2D eigenvalue weighted by molar-refractivity contribution is 1.13. The molecule has 0 atom stereocenters. The lowest BCUT2D eigenvalue weighted by Gasteiger charge is -2.26. The van der Waals surface area contributed by atoms with Gasteiger partial charge in [0, 0.05) is 77.9 Å². The Morgan fingerprint density at radius 1 is 0.257 bits per heavy atom. The maximum Gasteiger partial charge on any atom is 0.0998 e. The third-order valence-electron chi connectivity index (χ3n) is 14.2. The smallest absolute Gasteiger partial charge is 0.0998 e. The first-order valence-electron chi connectivity index (χ1n) is 24.7. The molecule has 346 valence electrons. The zero-order valence-electron chi connectivity index (χ0n) is 40.1. The van der Waals surface area contributed by atoms with Crippen molar-refractivity contribution in [3.8, 4) is 45.8 Å². The highest BCUT2D eigenvalue weighted by Gasteiger charge is 2.26. The van der Waals surface area contributed by atoms with E-state index in [0.717, 1.165) is 111 Å². The molecule has 0 saturated carbocycles. The van der Waals surface area contributed by atoms with Crippen LogP contribution in [0.25, 0.3) is 77.2 Å². The third kappa shape index (κ3) is 7.34. The summed E-state index contributed by atoms with van der Waals surface area (Å²) in [6.45, 7) is 0. The first-order valence-corrected chi connectivity index (χ1v) is 24.7. The van der Waals surface area contributed by atoms with Crippen molar-refractivity contribution in [1.29, 1.82) is 10.5 Å². The largest absolute Gasteiger partial charge is 0.310 e. The summed E-state index contributed by atoms with van der Waals surface area (Å²) in [5.41, 5.74) is 16.5. The van der Waals surface area contributed by atoms with Crippen molar-refractivity contribution in [2.45, 2.75) is 0 Å². The SMILES string of the molecule is N#Cc1ccccc1-c1cc(-c2ccccc2C#N)c(-n2c3ccccc3c3cc(N(c4ccccc4)c4ccccc4)ccc32)cc1-n1c2ccccc2c2cc(N(c3ccccc3)c3ccccc3)ccc21. The number of aromatic nitrogens is 2. The van der Waals surface area contributed by atoms with Gasteiger partial charge in [0.25, 0.3) is 0 Å². The third-order valence-corrected chi connectivity index (χ3v) is 14.2. The molecule has 0 aliphatic rings. The fourth-order valence-corrected chi connectivity index (χ4v) is 10.9. The van der Waals surface area contributed by atoms with Gasteiger partial charge in [-0.1, -0.05) is 146 Å². The van der Waals surface area contributed by atoms with Crippen molar-refractivity contribution in [3.63, 3.8) is 0 Å². The number of nitriles is 2. The first kappa shape index (κ1) is 43.6. The zero-order chi connectivity index (χ0) is 49.5. The van der Waals surface area contributed by atoms with E-state index in [4.69, 9.17) is 0 Å². The van der Waals surface area contributed by atoms with Gasteiger partial charge in [0.2, 0.25) is 0 Å². The Morgan fingerprint density at radius 2 is 0.581 bits per heavy atom. The van der Waals surface area contributed by atoms with Crippen molar-refractivity contribution < 1.29 is 0 Å². The number of para-hydroxylation sites is 6. The second-order valence-electron chi connectivity index (χ2n) is 18.3. The lowest BCUT2D eigenvalue weighted by Crippen LogP contribution is -2.09. The van der Waals surface area contributed by atoms with Gasteiger partial charge in [-0.2, -0.15) is 10.5 Å². The van der Waals surface area contributed by atoms with Crippen LogP contribution in [0, 0.1) is 22.7 Å². The normalized spacial score (nSPS) is 11.2. The molecule has 0 N–H and O–H groups in total. The van der Waals surface area contributed by atoms with Crippen LogP contribution in [-0.2, 0) is 0 Å². The number of rotatable bonds is 10. The Labute approximate surface area is 428 Å². The molecule has 13 aromatic rings. The van der Waals surface area contributed by atoms with Crippen LogP contribution in [-0.4, -0.2) is 9.13 Å². The molecule has 0 radical (unpaired) electrons. The minimum Gasteiger partial charge on any atom is -0.310 e. The van der Waals surface area contributed by atoms with Gasteiger partial charge in [0.05, 0.1) is 56.7 Å². The Kier molecular flexibility index (Phi) is 10.8. The number of nitrogens with zero attached hydrogens (tertiary/aromatic N) is 6. The zero-order valence-corrected chi connectivity index (χ0v) is 40.1. The van der Waals surface area contributed by atoms with E-state index < -0.39 is 0 Å². The van der Waals surface area contributed by atoms with Crippen LogP contribution in [0.5, 0.6) is 0 Å². The summed E-state index contributed by atoms with van der Waals surface area (Å²) in [6.07, 6.45) is 0. The van der Waals surface area contributed by atoms with Gasteiger partial charge in [-0.3, -0.25) is 0 Å². The van der Waals surface area contributed by atoms with Crippen LogP contribution in [0.1, 0.15) is 11.1 Å². The molecule has 0 aliphatic heterocycles. The molecule has 0 amide bonds. The van der Waals surface area contributed by atoms with Gasteiger partial charge < -0.3 is 18.9 Å². The molecule has 6 nitrogen and oxygen atoms in total. The van der Waals surface area contributed by atoms with E-state index in [-0.39, 0.29) is 0 Å². The highest BCUT2D eigenvalue weighted by atomic mass is 15.1. The molecule has 13 rings (SSSR count). The predicted molar refractivity (Wildman–Crippen MR) is 305 cm³/mol. The topological polar surface area (TPSA) is 63.9 Å². The number of anilines is 6. The second-order valence-corrected chi connectivity index (χ2v) is 18.3.